The van der Waals surface area contributed by atoms with Crippen molar-refractivity contribution in [2.45, 2.75) is 51.4 Å². The Hall–Kier alpha value is -6.70. The van der Waals surface area contributed by atoms with Crippen LogP contribution < -0.4 is 0 Å². The van der Waals surface area contributed by atoms with E-state index in [2.05, 4.69) is 123 Å². The van der Waals surface area contributed by atoms with E-state index in [4.69, 9.17) is 15.0 Å². The van der Waals surface area contributed by atoms with E-state index in [1.165, 1.54) is 70.7 Å². The average Bonchev–Trinajstić information content (AvgIpc) is 3.63. The molecule has 0 radical (unpaired) electrons. The Morgan fingerprint density at radius 2 is 1.13 bits per heavy atom. The van der Waals surface area contributed by atoms with Crippen LogP contribution in [0.2, 0.25) is 0 Å². The van der Waals surface area contributed by atoms with E-state index in [1.807, 2.05) is 48.5 Å². The maximum atomic E-state index is 9.57. The number of fused-ring (bicyclic) bond motifs is 10. The first-order valence-electron chi connectivity index (χ1n) is 21.7. The molecule has 5 unspecified atom stereocenters. The van der Waals surface area contributed by atoms with Crippen LogP contribution in [0.3, 0.4) is 0 Å². The zero-order chi connectivity index (χ0) is 40.4. The first-order valence-corrected chi connectivity index (χ1v) is 21.7. The molecule has 2 saturated carbocycles. The van der Waals surface area contributed by atoms with E-state index in [1.54, 1.807) is 17.2 Å². The maximum Gasteiger partial charge on any atom is 0.164 e. The van der Waals surface area contributed by atoms with Gasteiger partial charge in [0.15, 0.2) is 17.5 Å². The highest BCUT2D eigenvalue weighted by molar-refractivity contribution is 6.00. The number of benzene rings is 7. The van der Waals surface area contributed by atoms with Crippen LogP contribution in [-0.2, 0) is 5.41 Å². The van der Waals surface area contributed by atoms with Gasteiger partial charge >= 0.3 is 0 Å². The minimum atomic E-state index is -0.0191. The Balaban J connectivity index is 0.972. The molecule has 4 heteroatoms. The highest BCUT2D eigenvalue weighted by Gasteiger charge is 2.58. The predicted molar refractivity (Wildman–Crippen MR) is 244 cm³/mol. The van der Waals surface area contributed by atoms with Crippen molar-refractivity contribution >= 4 is 10.8 Å². The fourth-order valence-electron chi connectivity index (χ4n) is 11.7. The van der Waals surface area contributed by atoms with Gasteiger partial charge in [-0.05, 0) is 117 Å². The molecule has 5 atom stereocenters. The summed E-state index contributed by atoms with van der Waals surface area (Å²) in [6.07, 6.45) is 6.62. The molecule has 0 N–H and O–H groups in total. The normalized spacial score (nSPS) is 21.4. The molecule has 4 nitrogen and oxygen atoms in total. The van der Waals surface area contributed by atoms with Gasteiger partial charge in [-0.15, -0.1) is 0 Å². The number of aromatic nitrogens is 3. The predicted octanol–water partition coefficient (Wildman–Crippen LogP) is 14.0. The van der Waals surface area contributed by atoms with Crippen molar-refractivity contribution in [2.75, 3.05) is 0 Å². The fourth-order valence-corrected chi connectivity index (χ4v) is 11.7. The summed E-state index contributed by atoms with van der Waals surface area (Å²) in [6.45, 7) is 5.00. The minimum absolute atomic E-state index is 0.0191. The second-order valence-corrected chi connectivity index (χ2v) is 17.5. The number of nitriles is 1. The third kappa shape index (κ3) is 5.82. The zero-order valence-corrected chi connectivity index (χ0v) is 34.1. The van der Waals surface area contributed by atoms with Crippen LogP contribution in [0.15, 0.2) is 158 Å². The quantitative estimate of drug-likeness (QED) is 0.169. The lowest BCUT2D eigenvalue weighted by Gasteiger charge is -2.55. The maximum absolute atomic E-state index is 9.57. The molecule has 3 aliphatic rings. The van der Waals surface area contributed by atoms with Crippen LogP contribution >= 0.6 is 0 Å². The monoisotopic (exact) mass is 774 g/mol. The van der Waals surface area contributed by atoms with Crippen molar-refractivity contribution in [3.63, 3.8) is 0 Å². The van der Waals surface area contributed by atoms with Crippen molar-refractivity contribution in [1.29, 1.82) is 5.26 Å². The van der Waals surface area contributed by atoms with E-state index < -0.39 is 0 Å². The number of rotatable bonds is 6. The van der Waals surface area contributed by atoms with Gasteiger partial charge in [0, 0.05) is 22.1 Å². The molecule has 0 aliphatic heterocycles. The summed E-state index contributed by atoms with van der Waals surface area (Å²) >= 11 is 0. The van der Waals surface area contributed by atoms with Gasteiger partial charge in [0.25, 0.3) is 0 Å². The lowest BCUT2D eigenvalue weighted by Crippen LogP contribution is -2.49. The van der Waals surface area contributed by atoms with Gasteiger partial charge in [-0.25, -0.2) is 15.0 Å². The van der Waals surface area contributed by atoms with Gasteiger partial charge in [-0.2, -0.15) is 5.26 Å². The van der Waals surface area contributed by atoms with Crippen molar-refractivity contribution in [3.05, 3.63) is 174 Å². The van der Waals surface area contributed by atoms with Crippen molar-refractivity contribution in [3.8, 4) is 73.6 Å². The Morgan fingerprint density at radius 1 is 0.533 bits per heavy atom. The van der Waals surface area contributed by atoms with Crippen LogP contribution in [0, 0.1) is 35.0 Å². The molecule has 1 spiro atoms. The Kier molecular flexibility index (Phi) is 8.82. The molecule has 0 saturated heterocycles. The molecule has 60 heavy (non-hydrogen) atoms. The summed E-state index contributed by atoms with van der Waals surface area (Å²) in [7, 11) is 0. The molecule has 2 fully saturated rings. The molecular weight excluding hydrogens is 729 g/mol. The minimum Gasteiger partial charge on any atom is -0.208 e. The van der Waals surface area contributed by atoms with E-state index in [0.29, 0.717) is 34.9 Å². The van der Waals surface area contributed by atoms with Gasteiger partial charge in [-0.3, -0.25) is 0 Å². The van der Waals surface area contributed by atoms with Crippen molar-refractivity contribution < 1.29 is 0 Å². The highest BCUT2D eigenvalue weighted by Crippen LogP contribution is 2.67. The second kappa shape index (κ2) is 14.5. The second-order valence-electron chi connectivity index (χ2n) is 17.5. The topological polar surface area (TPSA) is 62.5 Å². The lowest BCUT2D eigenvalue weighted by molar-refractivity contribution is 0.0378. The third-order valence-corrected chi connectivity index (χ3v) is 14.3. The summed E-state index contributed by atoms with van der Waals surface area (Å²) in [4.78, 5) is 14.7. The number of hydrogen-bond acceptors (Lipinski definition) is 4. The van der Waals surface area contributed by atoms with Gasteiger partial charge in [0.2, 0.25) is 0 Å². The van der Waals surface area contributed by atoms with E-state index in [-0.39, 0.29) is 5.41 Å². The fraction of sp³-hybridized carbons (Fsp3) is 0.214. The molecule has 7 aromatic carbocycles. The molecule has 2 bridgehead atoms. The first kappa shape index (κ1) is 36.4. The van der Waals surface area contributed by atoms with Crippen molar-refractivity contribution in [1.82, 2.24) is 15.0 Å². The molecule has 0 amide bonds. The summed E-state index contributed by atoms with van der Waals surface area (Å²) in [5, 5.41) is 12.4. The summed E-state index contributed by atoms with van der Waals surface area (Å²) in [5.74, 6) is 4.54. The Morgan fingerprint density at radius 3 is 1.87 bits per heavy atom. The lowest BCUT2D eigenvalue weighted by atomic mass is 9.48. The molecule has 1 aromatic heterocycles. The third-order valence-electron chi connectivity index (χ3n) is 14.3. The van der Waals surface area contributed by atoms with Gasteiger partial charge in [0.1, 0.15) is 0 Å². The van der Waals surface area contributed by atoms with Crippen LogP contribution in [0.25, 0.3) is 78.3 Å². The van der Waals surface area contributed by atoms with Gasteiger partial charge in [0.05, 0.1) is 11.6 Å². The molecule has 290 valence electrons. The van der Waals surface area contributed by atoms with Crippen molar-refractivity contribution in [2.24, 2.45) is 23.7 Å². The first-order chi connectivity index (χ1) is 29.5. The smallest absolute Gasteiger partial charge is 0.164 e. The standard InChI is InChI=1S/C56H46N4/c1-3-36-30-38-29-35(2)56(46(32-36)33-38)51-48(17-10-18-49(51)50-28-27-41-12-7-8-16-47(41)52(50)56)42-23-19-39(20-24-42)40-21-25-44(26-22-40)54-58-53(43-13-5-4-6-14-43)59-55(60-54)45-15-9-11-37(31-45)34-57/h4-28,31,35-36,38,46H,3,29-30,32-33H2,1-2H3. The SMILES string of the molecule is CCC1CC2CC(C)C3(c4c(-c5ccc(-c6ccc(-c7nc(-c8ccccc8)nc(-c8cccc(C#N)c8)n7)cc6)cc5)cccc4-c4ccc5ccccc5c43)C(C1)C2. The van der Waals surface area contributed by atoms with Crippen LogP contribution in [0.4, 0.5) is 0 Å². The summed E-state index contributed by atoms with van der Waals surface area (Å²) in [6, 6.07) is 58.5. The summed E-state index contributed by atoms with van der Waals surface area (Å²) in [5.41, 5.74) is 14.2. The Labute approximate surface area is 352 Å². The van der Waals surface area contributed by atoms with E-state index in [9.17, 15) is 5.26 Å². The molecular formula is C56H46N4. The van der Waals surface area contributed by atoms with E-state index in [0.717, 1.165) is 34.1 Å². The molecule has 1 heterocycles. The molecule has 8 aromatic rings. The Bertz CT molecular complexity index is 2960. The van der Waals surface area contributed by atoms with E-state index >= 15 is 0 Å². The number of nitrogens with zero attached hydrogens (tertiary/aromatic N) is 4. The van der Waals surface area contributed by atoms with Crippen LogP contribution in [0.5, 0.6) is 0 Å². The average molecular weight is 775 g/mol. The van der Waals surface area contributed by atoms with Crippen LogP contribution in [-0.4, -0.2) is 15.0 Å². The number of hydrogen-bond donors (Lipinski definition) is 0. The zero-order valence-electron chi connectivity index (χ0n) is 34.1. The highest BCUT2D eigenvalue weighted by atomic mass is 15.0. The molecule has 11 rings (SSSR count). The largest absolute Gasteiger partial charge is 0.208 e. The van der Waals surface area contributed by atoms with Gasteiger partial charge < -0.3 is 0 Å². The van der Waals surface area contributed by atoms with Gasteiger partial charge in [-0.1, -0.05) is 166 Å². The molecule has 3 aliphatic carbocycles. The summed E-state index contributed by atoms with van der Waals surface area (Å²) < 4.78 is 0. The van der Waals surface area contributed by atoms with Crippen LogP contribution in [0.1, 0.15) is 62.6 Å².